The number of nitro groups is 1. The topological polar surface area (TPSA) is 65.3 Å². The van der Waals surface area contributed by atoms with Crippen LogP contribution < -0.4 is 4.74 Å². The van der Waals surface area contributed by atoms with Crippen LogP contribution in [0.2, 0.25) is 0 Å². The maximum absolute atomic E-state index is 12.0. The highest BCUT2D eigenvalue weighted by atomic mass is 35.5. The Hall–Kier alpha value is -1.57. The summed E-state index contributed by atoms with van der Waals surface area (Å²) in [5.74, 6) is -1.63. The molecule has 0 aliphatic carbocycles. The lowest BCUT2D eigenvalue weighted by atomic mass is 10.2. The smallest absolute Gasteiger partial charge is 0.405 e. The number of halogens is 4. The molecule has 0 bridgehead atoms. The van der Waals surface area contributed by atoms with Gasteiger partial charge in [-0.2, -0.15) is 0 Å². The molecule has 17 heavy (non-hydrogen) atoms. The molecule has 1 aromatic heterocycles. The maximum atomic E-state index is 12.0. The molecule has 1 aromatic rings. The van der Waals surface area contributed by atoms with Crippen molar-refractivity contribution >= 4 is 17.4 Å². The quantitative estimate of drug-likeness (QED) is 0.481. The van der Waals surface area contributed by atoms with E-state index in [4.69, 9.17) is 11.6 Å². The van der Waals surface area contributed by atoms with Crippen LogP contribution in [0.25, 0.3) is 0 Å². The van der Waals surface area contributed by atoms with Crippen LogP contribution >= 0.6 is 11.6 Å². The number of nitrogens with zero attached hydrogens (tertiary/aromatic N) is 2. The Balaban J connectivity index is 3.29. The first-order valence-electron chi connectivity index (χ1n) is 4.21. The molecule has 9 heteroatoms. The summed E-state index contributed by atoms with van der Waals surface area (Å²) in [6.45, 7) is 1.12. The molecule has 5 nitrogen and oxygen atoms in total. The minimum Gasteiger partial charge on any atom is -0.405 e. The van der Waals surface area contributed by atoms with Crippen LogP contribution in [0.5, 0.6) is 5.75 Å². The Morgan fingerprint density at radius 2 is 2.18 bits per heavy atom. The zero-order chi connectivity index (χ0) is 13.2. The highest BCUT2D eigenvalue weighted by molar-refractivity contribution is 6.16. The molecule has 0 unspecified atom stereocenters. The molecule has 0 saturated heterocycles. The summed E-state index contributed by atoms with van der Waals surface area (Å²) < 4.78 is 39.8. The van der Waals surface area contributed by atoms with Gasteiger partial charge >= 0.3 is 12.2 Å². The van der Waals surface area contributed by atoms with Gasteiger partial charge in [0, 0.05) is 6.07 Å². The predicted molar refractivity (Wildman–Crippen MR) is 51.9 cm³/mol. The van der Waals surface area contributed by atoms with Gasteiger partial charge in [0.15, 0.2) is 5.69 Å². The van der Waals surface area contributed by atoms with E-state index >= 15 is 0 Å². The van der Waals surface area contributed by atoms with E-state index in [1.54, 1.807) is 0 Å². The Morgan fingerprint density at radius 1 is 1.59 bits per heavy atom. The highest BCUT2D eigenvalue weighted by Crippen LogP contribution is 2.31. The molecule has 0 N–H and O–H groups in total. The van der Waals surface area contributed by atoms with Crippen LogP contribution in [-0.2, 0) is 5.88 Å². The van der Waals surface area contributed by atoms with Gasteiger partial charge in [-0.25, -0.2) is 0 Å². The summed E-state index contributed by atoms with van der Waals surface area (Å²) in [7, 11) is 0. The molecular weight excluding hydrogens is 265 g/mol. The predicted octanol–water partition coefficient (Wildman–Crippen LogP) is 2.94. The van der Waals surface area contributed by atoms with Gasteiger partial charge in [-0.15, -0.1) is 24.8 Å². The van der Waals surface area contributed by atoms with E-state index in [0.29, 0.717) is 0 Å². The van der Waals surface area contributed by atoms with Crippen molar-refractivity contribution in [2.24, 2.45) is 0 Å². The fourth-order valence-electron chi connectivity index (χ4n) is 1.10. The number of alkyl halides is 4. The number of hydrogen-bond acceptors (Lipinski definition) is 4. The van der Waals surface area contributed by atoms with Gasteiger partial charge in [-0.3, -0.25) is 0 Å². The van der Waals surface area contributed by atoms with Crippen LogP contribution in [0.3, 0.4) is 0 Å². The number of pyridine rings is 1. The molecule has 94 valence electrons. The molecule has 0 atom stereocenters. The van der Waals surface area contributed by atoms with E-state index in [9.17, 15) is 23.3 Å². The number of aromatic nitrogens is 1. The first kappa shape index (κ1) is 13.5. The van der Waals surface area contributed by atoms with Gasteiger partial charge in [0.25, 0.3) is 0 Å². The number of rotatable bonds is 3. The van der Waals surface area contributed by atoms with Gasteiger partial charge in [0.05, 0.1) is 11.4 Å². The van der Waals surface area contributed by atoms with Crippen molar-refractivity contribution in [3.63, 3.8) is 0 Å². The molecule has 1 rings (SSSR count). The largest absolute Gasteiger partial charge is 0.573 e. The highest BCUT2D eigenvalue weighted by Gasteiger charge is 2.34. The average Bonchev–Trinajstić information content (AvgIpc) is 2.18. The van der Waals surface area contributed by atoms with Crippen LogP contribution in [0.15, 0.2) is 6.07 Å². The molecule has 0 aromatic carbocycles. The van der Waals surface area contributed by atoms with Gasteiger partial charge < -0.3 is 14.9 Å². The van der Waals surface area contributed by atoms with Gasteiger partial charge in [-0.1, -0.05) is 0 Å². The zero-order valence-electron chi connectivity index (χ0n) is 8.42. The fourth-order valence-corrected chi connectivity index (χ4v) is 1.24. The third-order valence-corrected chi connectivity index (χ3v) is 2.06. The second-order valence-electron chi connectivity index (χ2n) is 3.00. The standard InChI is InChI=1S/C8H6ClF3N2O3/c1-4-6(17-8(10,11)12)2-5(3-9)13-7(4)14(15)16/h2H,3H2,1H3. The molecule has 0 spiro atoms. The van der Waals surface area contributed by atoms with E-state index in [2.05, 4.69) is 9.72 Å². The first-order chi connectivity index (χ1) is 7.74. The Kier molecular flexibility index (Phi) is 3.76. The molecule has 0 aliphatic heterocycles. The van der Waals surface area contributed by atoms with Crippen LogP contribution in [0.4, 0.5) is 19.0 Å². The first-order valence-corrected chi connectivity index (χ1v) is 4.74. The minimum absolute atomic E-state index is 0.0665. The van der Waals surface area contributed by atoms with Crippen molar-refractivity contribution in [1.29, 1.82) is 0 Å². The van der Waals surface area contributed by atoms with Crippen LogP contribution in [0, 0.1) is 17.0 Å². The van der Waals surface area contributed by atoms with E-state index < -0.39 is 22.9 Å². The Bertz CT molecular complexity index is 450. The minimum atomic E-state index is -4.93. The van der Waals surface area contributed by atoms with Crippen molar-refractivity contribution in [1.82, 2.24) is 4.98 Å². The molecule has 0 aliphatic rings. The summed E-state index contributed by atoms with van der Waals surface area (Å²) in [5.41, 5.74) is -0.371. The molecular formula is C8H6ClF3N2O3. The van der Waals surface area contributed by atoms with Gasteiger partial charge in [0.2, 0.25) is 0 Å². The van der Waals surface area contributed by atoms with Gasteiger partial charge in [-0.05, 0) is 16.8 Å². The lowest BCUT2D eigenvalue weighted by molar-refractivity contribution is -0.390. The summed E-state index contributed by atoms with van der Waals surface area (Å²) in [5, 5.41) is 10.6. The summed E-state index contributed by atoms with van der Waals surface area (Å²) >= 11 is 5.38. The second-order valence-corrected chi connectivity index (χ2v) is 3.27. The van der Waals surface area contributed by atoms with Crippen LogP contribution in [0.1, 0.15) is 11.3 Å². The van der Waals surface area contributed by atoms with E-state index in [1.807, 2.05) is 0 Å². The molecule has 0 radical (unpaired) electrons. The summed E-state index contributed by atoms with van der Waals surface area (Å²) in [4.78, 5) is 13.2. The molecule has 0 saturated carbocycles. The molecule has 1 heterocycles. The second kappa shape index (κ2) is 4.74. The molecule has 0 fully saturated rings. The third kappa shape index (κ3) is 3.45. The lowest BCUT2D eigenvalue weighted by Crippen LogP contribution is -2.18. The maximum Gasteiger partial charge on any atom is 0.573 e. The third-order valence-electron chi connectivity index (χ3n) is 1.79. The van der Waals surface area contributed by atoms with Crippen molar-refractivity contribution < 1.29 is 22.8 Å². The Labute approximate surface area is 98.3 Å². The van der Waals surface area contributed by atoms with Crippen LogP contribution in [-0.4, -0.2) is 16.3 Å². The monoisotopic (exact) mass is 270 g/mol. The zero-order valence-corrected chi connectivity index (χ0v) is 9.17. The SMILES string of the molecule is Cc1c(OC(F)(F)F)cc(CCl)nc1[N+](=O)[O-]. The van der Waals surface area contributed by atoms with Crippen molar-refractivity contribution in [3.05, 3.63) is 27.4 Å². The van der Waals surface area contributed by atoms with Crippen molar-refractivity contribution in [2.45, 2.75) is 19.2 Å². The Morgan fingerprint density at radius 3 is 2.59 bits per heavy atom. The van der Waals surface area contributed by atoms with E-state index in [0.717, 1.165) is 13.0 Å². The lowest BCUT2D eigenvalue weighted by Gasteiger charge is -2.11. The average molecular weight is 271 g/mol. The van der Waals surface area contributed by atoms with Crippen molar-refractivity contribution in [2.75, 3.05) is 0 Å². The fraction of sp³-hybridized carbons (Fsp3) is 0.375. The van der Waals surface area contributed by atoms with Gasteiger partial charge in [0.1, 0.15) is 5.75 Å². The normalized spacial score (nSPS) is 11.4. The number of hydrogen-bond donors (Lipinski definition) is 0. The number of ether oxygens (including phenoxy) is 1. The van der Waals surface area contributed by atoms with E-state index in [-0.39, 0.29) is 17.1 Å². The van der Waals surface area contributed by atoms with Crippen molar-refractivity contribution in [3.8, 4) is 5.75 Å². The summed E-state index contributed by atoms with van der Waals surface area (Å²) in [6.07, 6.45) is -4.93. The van der Waals surface area contributed by atoms with E-state index in [1.165, 1.54) is 0 Å². The molecule has 0 amide bonds. The summed E-state index contributed by atoms with van der Waals surface area (Å²) in [6, 6.07) is 0.919.